The summed E-state index contributed by atoms with van der Waals surface area (Å²) in [6.45, 7) is 2.05. The molecule has 3 aromatic rings. The molecule has 2 heterocycles. The highest BCUT2D eigenvalue weighted by Gasteiger charge is 2.08. The van der Waals surface area contributed by atoms with Crippen molar-refractivity contribution in [3.05, 3.63) is 42.0 Å². The van der Waals surface area contributed by atoms with Crippen LogP contribution < -0.4 is 0 Å². The van der Waals surface area contributed by atoms with Crippen molar-refractivity contribution in [2.24, 2.45) is 0 Å². The second-order valence-corrected chi connectivity index (χ2v) is 5.19. The van der Waals surface area contributed by atoms with E-state index in [-0.39, 0.29) is 6.61 Å². The van der Waals surface area contributed by atoms with Crippen LogP contribution in [0.3, 0.4) is 0 Å². The monoisotopic (exact) mass is 272 g/mol. The van der Waals surface area contributed by atoms with Crippen LogP contribution in [-0.4, -0.2) is 25.0 Å². The van der Waals surface area contributed by atoms with Crippen LogP contribution in [0.15, 0.2) is 40.8 Å². The molecule has 0 aliphatic heterocycles. The number of aliphatic hydroxyl groups is 1. The Morgan fingerprint density at radius 1 is 1.26 bits per heavy atom. The van der Waals surface area contributed by atoms with Gasteiger partial charge in [-0.15, -0.1) is 0 Å². The Bertz CT molecular complexity index is 725. The molecule has 19 heavy (non-hydrogen) atoms. The van der Waals surface area contributed by atoms with E-state index >= 15 is 0 Å². The van der Waals surface area contributed by atoms with Gasteiger partial charge in [-0.2, -0.15) is 0 Å². The van der Waals surface area contributed by atoms with Gasteiger partial charge in [0.25, 0.3) is 0 Å². The lowest BCUT2D eigenvalue weighted by molar-refractivity contribution is 0.281. The lowest BCUT2D eigenvalue weighted by Crippen LogP contribution is -1.89. The summed E-state index contributed by atoms with van der Waals surface area (Å²) in [6.07, 6.45) is 3.13. The number of nitrogens with zero attached hydrogens (tertiary/aromatic N) is 3. The lowest BCUT2D eigenvalue weighted by Gasteiger charge is -2.06. The number of H-pyrrole nitrogens is 1. The van der Waals surface area contributed by atoms with E-state index in [0.717, 1.165) is 26.6 Å². The topological polar surface area (TPSA) is 74.7 Å². The minimum atomic E-state index is 0.0646. The smallest absolute Gasteiger partial charge is 0.181 e. The van der Waals surface area contributed by atoms with E-state index in [1.54, 1.807) is 18.1 Å². The fourth-order valence-electron chi connectivity index (χ4n) is 1.84. The molecule has 1 aromatic carbocycles. The Balaban J connectivity index is 1.97. The molecule has 0 saturated heterocycles. The lowest BCUT2D eigenvalue weighted by atomic mass is 10.1. The minimum absolute atomic E-state index is 0.0646. The highest BCUT2D eigenvalue weighted by molar-refractivity contribution is 7.99. The molecule has 0 atom stereocenters. The second kappa shape index (κ2) is 4.99. The van der Waals surface area contributed by atoms with Crippen molar-refractivity contribution >= 4 is 22.9 Å². The number of hydrogen-bond acceptors (Lipinski definition) is 5. The second-order valence-electron chi connectivity index (χ2n) is 4.13. The Morgan fingerprint density at radius 2 is 2.16 bits per heavy atom. The van der Waals surface area contributed by atoms with Crippen molar-refractivity contribution in [3.8, 4) is 0 Å². The van der Waals surface area contributed by atoms with E-state index in [4.69, 9.17) is 0 Å². The molecule has 5 nitrogen and oxygen atoms in total. The number of aryl methyl sites for hydroxylation is 1. The molecule has 0 aliphatic carbocycles. The van der Waals surface area contributed by atoms with Crippen LogP contribution in [0.4, 0.5) is 0 Å². The molecule has 0 amide bonds. The first kappa shape index (κ1) is 12.1. The zero-order chi connectivity index (χ0) is 13.2. The van der Waals surface area contributed by atoms with E-state index in [0.29, 0.717) is 5.65 Å². The molecule has 3 rings (SSSR count). The first-order valence-electron chi connectivity index (χ1n) is 5.80. The molecule has 0 radical (unpaired) electrons. The number of aromatic nitrogens is 4. The van der Waals surface area contributed by atoms with Gasteiger partial charge in [-0.3, -0.25) is 0 Å². The first-order valence-corrected chi connectivity index (χ1v) is 6.62. The highest BCUT2D eigenvalue weighted by Crippen LogP contribution is 2.30. The third kappa shape index (κ3) is 2.32. The number of hydrogen-bond donors (Lipinski definition) is 2. The molecule has 0 fully saturated rings. The average Bonchev–Trinajstić information content (AvgIpc) is 2.88. The highest BCUT2D eigenvalue weighted by atomic mass is 32.2. The van der Waals surface area contributed by atoms with Crippen molar-refractivity contribution in [3.63, 3.8) is 0 Å². The van der Waals surface area contributed by atoms with Gasteiger partial charge in [0.05, 0.1) is 12.9 Å². The van der Waals surface area contributed by atoms with E-state index in [2.05, 4.69) is 19.9 Å². The maximum absolute atomic E-state index is 9.17. The van der Waals surface area contributed by atoms with Gasteiger partial charge in [-0.25, -0.2) is 15.0 Å². The molecule has 96 valence electrons. The molecule has 2 N–H and O–H groups in total. The summed E-state index contributed by atoms with van der Waals surface area (Å²) < 4.78 is 0. The van der Waals surface area contributed by atoms with Gasteiger partial charge in [0.1, 0.15) is 16.9 Å². The van der Waals surface area contributed by atoms with Crippen molar-refractivity contribution < 1.29 is 5.11 Å². The van der Waals surface area contributed by atoms with Crippen LogP contribution in [0.25, 0.3) is 11.2 Å². The fraction of sp³-hybridized carbons (Fsp3) is 0.154. The summed E-state index contributed by atoms with van der Waals surface area (Å²) in [5.41, 5.74) is 3.53. The fourth-order valence-corrected chi connectivity index (χ4v) is 2.79. The van der Waals surface area contributed by atoms with E-state index < -0.39 is 0 Å². The molecular weight excluding hydrogens is 260 g/mol. The minimum Gasteiger partial charge on any atom is -0.392 e. The van der Waals surface area contributed by atoms with Crippen molar-refractivity contribution in [1.82, 2.24) is 19.9 Å². The van der Waals surface area contributed by atoms with Gasteiger partial charge in [-0.05, 0) is 30.2 Å². The number of aliphatic hydroxyl groups excluding tert-OH is 1. The molecular formula is C13H12N4OS. The van der Waals surface area contributed by atoms with E-state index in [9.17, 15) is 5.11 Å². The van der Waals surface area contributed by atoms with Crippen LogP contribution >= 0.6 is 11.8 Å². The van der Waals surface area contributed by atoms with Crippen molar-refractivity contribution in [2.45, 2.75) is 23.5 Å². The first-order chi connectivity index (χ1) is 9.28. The quantitative estimate of drug-likeness (QED) is 0.716. The Labute approximate surface area is 114 Å². The normalized spacial score (nSPS) is 11.1. The van der Waals surface area contributed by atoms with Gasteiger partial charge < -0.3 is 10.1 Å². The zero-order valence-electron chi connectivity index (χ0n) is 10.3. The van der Waals surface area contributed by atoms with Gasteiger partial charge in [0.15, 0.2) is 5.65 Å². The van der Waals surface area contributed by atoms with Gasteiger partial charge in [0, 0.05) is 4.90 Å². The van der Waals surface area contributed by atoms with Crippen molar-refractivity contribution in [1.29, 1.82) is 0 Å². The van der Waals surface area contributed by atoms with Crippen LogP contribution in [0.2, 0.25) is 0 Å². The Morgan fingerprint density at radius 3 is 2.95 bits per heavy atom. The van der Waals surface area contributed by atoms with Gasteiger partial charge >= 0.3 is 0 Å². The van der Waals surface area contributed by atoms with Gasteiger partial charge in [-0.1, -0.05) is 17.8 Å². The number of nitrogens with one attached hydrogen (secondary N) is 1. The van der Waals surface area contributed by atoms with Gasteiger partial charge in [0.2, 0.25) is 0 Å². The summed E-state index contributed by atoms with van der Waals surface area (Å²) >= 11 is 1.55. The van der Waals surface area contributed by atoms with Crippen LogP contribution in [-0.2, 0) is 6.61 Å². The number of aromatic amines is 1. The standard InChI is InChI=1S/C13H12N4OS/c1-8-4-10(3-2-9(8)5-18)19-13-11-12(15-6-14-11)16-7-17-13/h2-4,6-7,18H,5H2,1H3,(H,14,15,16,17). The molecule has 0 spiro atoms. The molecule has 0 bridgehead atoms. The summed E-state index contributed by atoms with van der Waals surface area (Å²) in [5.74, 6) is 0. The molecule has 0 unspecified atom stereocenters. The van der Waals surface area contributed by atoms with Crippen LogP contribution in [0, 0.1) is 6.92 Å². The zero-order valence-corrected chi connectivity index (χ0v) is 11.1. The summed E-state index contributed by atoms with van der Waals surface area (Å²) in [6, 6.07) is 5.96. The van der Waals surface area contributed by atoms with Crippen molar-refractivity contribution in [2.75, 3.05) is 0 Å². The third-order valence-electron chi connectivity index (χ3n) is 2.89. The number of imidazole rings is 1. The number of benzene rings is 1. The maximum atomic E-state index is 9.17. The predicted octanol–water partition coefficient (Wildman–Crippen LogP) is 2.30. The molecule has 0 saturated carbocycles. The molecule has 0 aliphatic rings. The average molecular weight is 272 g/mol. The SMILES string of the molecule is Cc1cc(Sc2ncnc3nc[nH]c23)ccc1CO. The number of rotatable bonds is 3. The van der Waals surface area contributed by atoms with Crippen LogP contribution in [0.5, 0.6) is 0 Å². The largest absolute Gasteiger partial charge is 0.392 e. The Hall–Kier alpha value is -1.92. The third-order valence-corrected chi connectivity index (χ3v) is 3.88. The number of fused-ring (bicyclic) bond motifs is 1. The maximum Gasteiger partial charge on any atom is 0.181 e. The summed E-state index contributed by atoms with van der Waals surface area (Å²) in [5, 5.41) is 10.0. The molecule has 6 heteroatoms. The summed E-state index contributed by atoms with van der Waals surface area (Å²) in [4.78, 5) is 16.6. The van der Waals surface area contributed by atoms with E-state index in [1.165, 1.54) is 6.33 Å². The predicted molar refractivity (Wildman–Crippen MR) is 72.9 cm³/mol. The van der Waals surface area contributed by atoms with Crippen LogP contribution in [0.1, 0.15) is 11.1 Å². The van der Waals surface area contributed by atoms with E-state index in [1.807, 2.05) is 25.1 Å². The summed E-state index contributed by atoms with van der Waals surface area (Å²) in [7, 11) is 0. The Kier molecular flexibility index (Phi) is 3.18. The molecule has 2 aromatic heterocycles.